The summed E-state index contributed by atoms with van der Waals surface area (Å²) in [5, 5.41) is 0. The van der Waals surface area contributed by atoms with Crippen LogP contribution in [0.15, 0.2) is 0 Å². The molecule has 0 aliphatic rings. The van der Waals surface area contributed by atoms with E-state index in [1.807, 2.05) is 21.1 Å². The van der Waals surface area contributed by atoms with Gasteiger partial charge in [-0.1, -0.05) is 0 Å². The van der Waals surface area contributed by atoms with Crippen molar-refractivity contribution in [2.75, 3.05) is 34.3 Å². The number of rotatable bonds is 4. The molecular weight excluding hydrogens is 309 g/mol. The summed E-state index contributed by atoms with van der Waals surface area (Å²) in [6.07, 6.45) is 0. The maximum Gasteiger partial charge on any atom is 2.00 e. The Bertz CT molecular complexity index is 174. The van der Waals surface area contributed by atoms with E-state index in [2.05, 4.69) is 4.52 Å². The van der Waals surface area contributed by atoms with E-state index in [9.17, 15) is 14.4 Å². The molecule has 0 aromatic rings. The summed E-state index contributed by atoms with van der Waals surface area (Å²) in [6, 6.07) is 0. The second-order valence-corrected chi connectivity index (χ2v) is 4.45. The van der Waals surface area contributed by atoms with E-state index in [-0.39, 0.29) is 78.7 Å². The van der Waals surface area contributed by atoms with Crippen LogP contribution in [0.25, 0.3) is 0 Å². The van der Waals surface area contributed by atoms with Gasteiger partial charge in [-0.05, 0) is 0 Å². The predicted octanol–water partition coefficient (Wildman–Crippen LogP) is -8.14. The first-order valence-electron chi connectivity index (χ1n) is 3.18. The predicted molar refractivity (Wildman–Crippen MR) is 56.7 cm³/mol. The quantitative estimate of drug-likeness (QED) is 0.280. The molecular formula is C5H21CaClNO8P. The molecule has 0 aliphatic heterocycles. The van der Waals surface area contributed by atoms with E-state index in [0.29, 0.717) is 11.0 Å². The molecule has 12 heteroatoms. The minimum atomic E-state index is -4.76. The van der Waals surface area contributed by atoms with Gasteiger partial charge < -0.3 is 57.7 Å². The molecule has 8 N–H and O–H groups in total. The second kappa shape index (κ2) is 17.5. The van der Waals surface area contributed by atoms with Gasteiger partial charge in [-0.2, -0.15) is 0 Å². The van der Waals surface area contributed by atoms with Gasteiger partial charge in [0.2, 0.25) is 0 Å². The molecule has 0 amide bonds. The SMILES string of the molecule is C[N+](C)(C)CCOP(=O)([O-])[O-].O.O.O.O.[Ca+2].[Cl-]. The monoisotopic (exact) mass is 329 g/mol. The fraction of sp³-hybridized carbons (Fsp3) is 1.00. The molecule has 0 aliphatic carbocycles. The standard InChI is InChI=1S/C5H14NO4P.Ca.ClH.4H2O/c1-6(2,3)4-5-10-11(7,8)9;;;;;;/h4-5H2,1-3H3,(H-,7,8,9);;1H;4*1H2/q;+2;;;;;/p-2. The Labute approximate surface area is 137 Å². The molecule has 0 heterocycles. The summed E-state index contributed by atoms with van der Waals surface area (Å²) in [6.45, 7) is 0.447. The molecule has 0 saturated carbocycles. The van der Waals surface area contributed by atoms with Crippen LogP contribution < -0.4 is 22.2 Å². The molecule has 0 radical (unpaired) electrons. The molecule has 0 saturated heterocycles. The van der Waals surface area contributed by atoms with Crippen molar-refractivity contribution in [3.05, 3.63) is 0 Å². The van der Waals surface area contributed by atoms with Gasteiger partial charge in [-0.3, -0.25) is 0 Å². The van der Waals surface area contributed by atoms with Gasteiger partial charge in [0.05, 0.1) is 29.0 Å². The van der Waals surface area contributed by atoms with E-state index < -0.39 is 7.82 Å². The second-order valence-electron chi connectivity index (χ2n) is 3.29. The Morgan fingerprint density at radius 1 is 1.06 bits per heavy atom. The Morgan fingerprint density at radius 2 is 1.35 bits per heavy atom. The van der Waals surface area contributed by atoms with Gasteiger partial charge in [0.15, 0.2) is 0 Å². The van der Waals surface area contributed by atoms with Crippen molar-refractivity contribution in [2.24, 2.45) is 0 Å². The normalized spacial score (nSPS) is 8.76. The molecule has 0 spiro atoms. The summed E-state index contributed by atoms with van der Waals surface area (Å²) in [4.78, 5) is 19.9. The van der Waals surface area contributed by atoms with E-state index in [4.69, 9.17) is 0 Å². The van der Waals surface area contributed by atoms with Gasteiger partial charge >= 0.3 is 37.7 Å². The van der Waals surface area contributed by atoms with Crippen LogP contribution in [0, 0.1) is 0 Å². The smallest absolute Gasteiger partial charge is 1.00 e. The van der Waals surface area contributed by atoms with Crippen LogP contribution in [-0.2, 0) is 9.09 Å². The number of phosphoric ester groups is 1. The van der Waals surface area contributed by atoms with Crippen molar-refractivity contribution >= 4 is 45.6 Å². The van der Waals surface area contributed by atoms with Crippen LogP contribution in [0.4, 0.5) is 0 Å². The van der Waals surface area contributed by atoms with Crippen molar-refractivity contribution in [1.29, 1.82) is 0 Å². The third-order valence-corrected chi connectivity index (χ3v) is 1.51. The molecule has 0 aromatic carbocycles. The maximum absolute atomic E-state index is 9.96. The Hall–Kier alpha value is 1.46. The number of likely N-dealkylation sites (N-methyl/N-ethyl adjacent to an activating group) is 1. The average Bonchev–Trinajstić information content (AvgIpc) is 1.55. The summed E-state index contributed by atoms with van der Waals surface area (Å²) < 4.78 is 14.6. The van der Waals surface area contributed by atoms with Crippen molar-refractivity contribution in [3.8, 4) is 0 Å². The molecule has 108 valence electrons. The molecule has 0 aromatic heterocycles. The summed E-state index contributed by atoms with van der Waals surface area (Å²) in [5.41, 5.74) is 0. The van der Waals surface area contributed by atoms with Crippen LogP contribution >= 0.6 is 7.82 Å². The molecule has 9 nitrogen and oxygen atoms in total. The number of hydrogen-bond acceptors (Lipinski definition) is 4. The minimum Gasteiger partial charge on any atom is -1.00 e. The van der Waals surface area contributed by atoms with Crippen LogP contribution in [0.3, 0.4) is 0 Å². The zero-order chi connectivity index (χ0) is 9.12. The molecule has 0 rings (SSSR count). The maximum atomic E-state index is 9.96. The summed E-state index contributed by atoms with van der Waals surface area (Å²) >= 11 is 0. The van der Waals surface area contributed by atoms with Gasteiger partial charge in [-0.15, -0.1) is 0 Å². The van der Waals surface area contributed by atoms with Gasteiger partial charge in [-0.25, -0.2) is 0 Å². The van der Waals surface area contributed by atoms with Crippen molar-refractivity contribution in [1.82, 2.24) is 0 Å². The fourth-order valence-electron chi connectivity index (χ4n) is 0.426. The number of nitrogens with zero attached hydrogens (tertiary/aromatic N) is 1. The zero-order valence-electron chi connectivity index (χ0n) is 10.0. The van der Waals surface area contributed by atoms with E-state index >= 15 is 0 Å². The Balaban J connectivity index is -0.0000000333. The Kier molecular flexibility index (Phi) is 44.0. The van der Waals surface area contributed by atoms with Crippen LogP contribution in [0.2, 0.25) is 0 Å². The first kappa shape index (κ1) is 42.9. The zero-order valence-corrected chi connectivity index (χ0v) is 13.9. The van der Waals surface area contributed by atoms with E-state index in [1.165, 1.54) is 0 Å². The van der Waals surface area contributed by atoms with Gasteiger partial charge in [0.1, 0.15) is 13.2 Å². The van der Waals surface area contributed by atoms with Crippen molar-refractivity contribution < 1.29 is 57.7 Å². The van der Waals surface area contributed by atoms with Crippen LogP contribution in [0.1, 0.15) is 0 Å². The third kappa shape index (κ3) is 46.6. The first-order chi connectivity index (χ1) is 4.71. The summed E-state index contributed by atoms with van der Waals surface area (Å²) in [7, 11) is 0.875. The molecule has 0 fully saturated rings. The van der Waals surface area contributed by atoms with Crippen LogP contribution in [0.5, 0.6) is 0 Å². The van der Waals surface area contributed by atoms with E-state index in [0.717, 1.165) is 0 Å². The third-order valence-electron chi connectivity index (χ3n) is 1.01. The fourth-order valence-corrected chi connectivity index (χ4v) is 0.732. The van der Waals surface area contributed by atoms with Gasteiger partial charge in [0.25, 0.3) is 0 Å². The number of halogens is 1. The number of hydrogen-bond donors (Lipinski definition) is 0. The topological polar surface area (TPSA) is 198 Å². The van der Waals surface area contributed by atoms with E-state index in [1.54, 1.807) is 0 Å². The number of quaternary nitrogens is 1. The average molecular weight is 330 g/mol. The molecule has 17 heavy (non-hydrogen) atoms. The van der Waals surface area contributed by atoms with Gasteiger partial charge in [0, 0.05) is 0 Å². The molecule has 0 atom stereocenters. The molecule has 0 unspecified atom stereocenters. The number of phosphoric acid groups is 1. The summed E-state index contributed by atoms with van der Waals surface area (Å²) in [5.74, 6) is 0. The Morgan fingerprint density at radius 3 is 1.53 bits per heavy atom. The molecule has 0 bridgehead atoms. The van der Waals surface area contributed by atoms with Crippen molar-refractivity contribution in [3.63, 3.8) is 0 Å². The van der Waals surface area contributed by atoms with Crippen LogP contribution in [-0.4, -0.2) is 98.4 Å². The largest absolute Gasteiger partial charge is 2.00 e. The first-order valence-corrected chi connectivity index (χ1v) is 4.64. The van der Waals surface area contributed by atoms with Crippen molar-refractivity contribution in [2.45, 2.75) is 0 Å². The minimum absolute atomic E-state index is 0.